The van der Waals surface area contributed by atoms with E-state index < -0.39 is 0 Å². The quantitative estimate of drug-likeness (QED) is 0.601. The van der Waals surface area contributed by atoms with Crippen LogP contribution in [0.4, 0.5) is 11.4 Å². The number of nitro groups is 1. The molecule has 2 aromatic carbocycles. The SMILES string of the molecule is COC1=[NH+]c2cc3cccc([N+](=O)[O-])c3cc2C1. The number of benzene rings is 2. The van der Waals surface area contributed by atoms with Crippen LogP contribution in [0.15, 0.2) is 30.3 Å². The van der Waals surface area contributed by atoms with Crippen molar-refractivity contribution in [2.75, 3.05) is 7.11 Å². The molecule has 0 amide bonds. The van der Waals surface area contributed by atoms with Gasteiger partial charge in [-0.05, 0) is 11.5 Å². The number of methoxy groups -OCH3 is 1. The van der Waals surface area contributed by atoms with Gasteiger partial charge < -0.3 is 4.74 Å². The predicted octanol–water partition coefficient (Wildman–Crippen LogP) is 1.06. The Morgan fingerprint density at radius 1 is 1.39 bits per heavy atom. The lowest BCUT2D eigenvalue weighted by atomic mass is 10.0. The molecule has 0 aromatic heterocycles. The van der Waals surface area contributed by atoms with Crippen LogP contribution in [-0.2, 0) is 11.2 Å². The summed E-state index contributed by atoms with van der Waals surface area (Å²) in [7, 11) is 1.61. The number of ether oxygens (including phenoxy) is 1. The zero-order chi connectivity index (χ0) is 12.7. The maximum atomic E-state index is 11.0. The number of non-ortho nitro benzene ring substituents is 1. The van der Waals surface area contributed by atoms with Crippen molar-refractivity contribution in [1.82, 2.24) is 0 Å². The van der Waals surface area contributed by atoms with E-state index in [-0.39, 0.29) is 10.6 Å². The molecular formula is C13H11N2O3+. The van der Waals surface area contributed by atoms with Crippen molar-refractivity contribution in [2.45, 2.75) is 6.42 Å². The van der Waals surface area contributed by atoms with E-state index in [0.717, 1.165) is 22.5 Å². The van der Waals surface area contributed by atoms with Gasteiger partial charge in [0.25, 0.3) is 5.69 Å². The Hall–Kier alpha value is -2.43. The molecule has 1 aliphatic heterocycles. The molecule has 0 aliphatic carbocycles. The van der Waals surface area contributed by atoms with E-state index in [0.29, 0.717) is 11.8 Å². The summed E-state index contributed by atoms with van der Waals surface area (Å²) < 4.78 is 5.17. The molecule has 5 nitrogen and oxygen atoms in total. The highest BCUT2D eigenvalue weighted by Crippen LogP contribution is 2.30. The zero-order valence-corrected chi connectivity index (χ0v) is 9.77. The summed E-state index contributed by atoms with van der Waals surface area (Å²) in [4.78, 5) is 13.8. The molecule has 90 valence electrons. The molecule has 2 aromatic rings. The average Bonchev–Trinajstić information content (AvgIpc) is 2.76. The normalized spacial score (nSPS) is 13.3. The van der Waals surface area contributed by atoms with Crippen LogP contribution in [0.2, 0.25) is 0 Å². The standard InChI is InChI=1S/C13H10N2O3/c1-18-13-7-9-5-10-8(6-11(9)14-13)3-2-4-12(10)15(16)17/h2-6H,7H2,1H3/p+1. The summed E-state index contributed by atoms with van der Waals surface area (Å²) >= 11 is 0. The van der Waals surface area contributed by atoms with Crippen molar-refractivity contribution in [3.8, 4) is 0 Å². The summed E-state index contributed by atoms with van der Waals surface area (Å²) in [6.45, 7) is 0. The van der Waals surface area contributed by atoms with Crippen LogP contribution in [-0.4, -0.2) is 17.9 Å². The molecular weight excluding hydrogens is 232 g/mol. The second-order valence-corrected chi connectivity index (χ2v) is 4.19. The van der Waals surface area contributed by atoms with Gasteiger partial charge in [-0.1, -0.05) is 12.1 Å². The number of fused-ring (bicyclic) bond motifs is 2. The predicted molar refractivity (Wildman–Crippen MR) is 66.9 cm³/mol. The number of hydrogen-bond acceptors (Lipinski definition) is 3. The number of nitrogens with zero attached hydrogens (tertiary/aromatic N) is 1. The van der Waals surface area contributed by atoms with E-state index in [1.165, 1.54) is 6.07 Å². The van der Waals surface area contributed by atoms with Crippen molar-refractivity contribution >= 4 is 28.0 Å². The van der Waals surface area contributed by atoms with Crippen LogP contribution >= 0.6 is 0 Å². The van der Waals surface area contributed by atoms with Crippen molar-refractivity contribution in [2.24, 2.45) is 0 Å². The Kier molecular flexibility index (Phi) is 2.26. The van der Waals surface area contributed by atoms with Gasteiger partial charge in [0, 0.05) is 17.7 Å². The first-order valence-electron chi connectivity index (χ1n) is 5.56. The number of hydrogen-bond donors (Lipinski definition) is 1. The van der Waals surface area contributed by atoms with Crippen molar-refractivity contribution < 1.29 is 14.7 Å². The third-order valence-electron chi connectivity index (χ3n) is 3.15. The molecule has 0 bridgehead atoms. The van der Waals surface area contributed by atoms with Gasteiger partial charge in [0.05, 0.1) is 17.4 Å². The van der Waals surface area contributed by atoms with E-state index >= 15 is 0 Å². The van der Waals surface area contributed by atoms with E-state index in [1.54, 1.807) is 13.2 Å². The van der Waals surface area contributed by atoms with Gasteiger partial charge in [-0.2, -0.15) is 4.99 Å². The molecule has 0 unspecified atom stereocenters. The molecule has 5 heteroatoms. The lowest BCUT2D eigenvalue weighted by Gasteiger charge is -2.00. The summed E-state index contributed by atoms with van der Waals surface area (Å²) in [5, 5.41) is 12.5. The third kappa shape index (κ3) is 1.52. The molecule has 0 saturated carbocycles. The largest absolute Gasteiger partial charge is 0.451 e. The van der Waals surface area contributed by atoms with Gasteiger partial charge in [0.2, 0.25) is 5.69 Å². The molecule has 0 atom stereocenters. The first-order valence-corrected chi connectivity index (χ1v) is 5.56. The average molecular weight is 243 g/mol. The fraction of sp³-hybridized carbons (Fsp3) is 0.154. The first-order chi connectivity index (χ1) is 8.69. The fourth-order valence-electron chi connectivity index (χ4n) is 2.27. The number of rotatable bonds is 1. The van der Waals surface area contributed by atoms with Crippen LogP contribution in [0.1, 0.15) is 5.56 Å². The summed E-state index contributed by atoms with van der Waals surface area (Å²) in [5.74, 6) is 0.767. The second kappa shape index (κ2) is 3.80. The Morgan fingerprint density at radius 2 is 2.22 bits per heavy atom. The Labute approximate surface area is 103 Å². The highest BCUT2D eigenvalue weighted by molar-refractivity contribution is 5.95. The monoisotopic (exact) mass is 243 g/mol. The number of nitro benzene ring substituents is 1. The first kappa shape index (κ1) is 10.7. The maximum absolute atomic E-state index is 11.0. The molecule has 1 N–H and O–H groups in total. The second-order valence-electron chi connectivity index (χ2n) is 4.19. The minimum atomic E-state index is -0.349. The van der Waals surface area contributed by atoms with Gasteiger partial charge >= 0.3 is 5.90 Å². The molecule has 1 heterocycles. The van der Waals surface area contributed by atoms with Gasteiger partial charge in [-0.3, -0.25) is 10.1 Å². The summed E-state index contributed by atoms with van der Waals surface area (Å²) in [6, 6.07) is 8.88. The van der Waals surface area contributed by atoms with Crippen LogP contribution < -0.4 is 4.99 Å². The minimum absolute atomic E-state index is 0.140. The highest BCUT2D eigenvalue weighted by Gasteiger charge is 2.24. The lowest BCUT2D eigenvalue weighted by Crippen LogP contribution is -2.64. The minimum Gasteiger partial charge on any atom is -0.451 e. The Balaban J connectivity index is 2.24. The molecule has 0 spiro atoms. The smallest absolute Gasteiger partial charge is 0.344 e. The Morgan fingerprint density at radius 3 is 2.94 bits per heavy atom. The van der Waals surface area contributed by atoms with Crippen molar-refractivity contribution in [1.29, 1.82) is 0 Å². The van der Waals surface area contributed by atoms with E-state index in [2.05, 4.69) is 4.99 Å². The van der Waals surface area contributed by atoms with Crippen LogP contribution in [0.25, 0.3) is 10.8 Å². The van der Waals surface area contributed by atoms with Gasteiger partial charge in [-0.15, -0.1) is 0 Å². The Bertz CT molecular complexity index is 692. The van der Waals surface area contributed by atoms with Crippen LogP contribution in [0.3, 0.4) is 0 Å². The molecule has 0 radical (unpaired) electrons. The molecule has 3 rings (SSSR count). The van der Waals surface area contributed by atoms with Crippen LogP contribution in [0.5, 0.6) is 0 Å². The number of nitrogens with one attached hydrogen (secondary N) is 1. The van der Waals surface area contributed by atoms with Crippen LogP contribution in [0, 0.1) is 10.1 Å². The highest BCUT2D eigenvalue weighted by atomic mass is 16.6. The van der Waals surface area contributed by atoms with Gasteiger partial charge in [0.15, 0.2) is 0 Å². The van der Waals surface area contributed by atoms with Gasteiger partial charge in [0.1, 0.15) is 6.42 Å². The van der Waals surface area contributed by atoms with Gasteiger partial charge in [-0.25, -0.2) is 0 Å². The lowest BCUT2D eigenvalue weighted by molar-refractivity contribution is -0.383. The topological polar surface area (TPSA) is 66.3 Å². The summed E-state index contributed by atoms with van der Waals surface area (Å²) in [6.07, 6.45) is 0.647. The van der Waals surface area contributed by atoms with Crippen molar-refractivity contribution in [3.05, 3.63) is 46.0 Å². The molecule has 1 aliphatic rings. The fourth-order valence-corrected chi connectivity index (χ4v) is 2.27. The molecule has 0 saturated heterocycles. The van der Waals surface area contributed by atoms with E-state index in [9.17, 15) is 10.1 Å². The molecule has 18 heavy (non-hydrogen) atoms. The summed E-state index contributed by atoms with van der Waals surface area (Å²) in [5.41, 5.74) is 2.12. The van der Waals surface area contributed by atoms with Crippen molar-refractivity contribution in [3.63, 3.8) is 0 Å². The zero-order valence-electron chi connectivity index (χ0n) is 9.77. The third-order valence-corrected chi connectivity index (χ3v) is 3.15. The molecule has 0 fully saturated rings. The van der Waals surface area contributed by atoms with E-state index in [1.807, 2.05) is 18.2 Å². The maximum Gasteiger partial charge on any atom is 0.344 e. The van der Waals surface area contributed by atoms with E-state index in [4.69, 9.17) is 4.74 Å².